The Morgan fingerprint density at radius 3 is 2.67 bits per heavy atom. The third-order valence-corrected chi connectivity index (χ3v) is 5.02. The first kappa shape index (κ1) is 15.1. The molecule has 1 aliphatic rings. The molecule has 6 heteroatoms. The van der Waals surface area contributed by atoms with Crippen molar-refractivity contribution in [2.75, 3.05) is 14.1 Å². The highest BCUT2D eigenvalue weighted by molar-refractivity contribution is 6.31. The van der Waals surface area contributed by atoms with Gasteiger partial charge in [0.2, 0.25) is 0 Å². The molecular formula is C15H20Cl2N4. The van der Waals surface area contributed by atoms with Crippen LogP contribution in [0.5, 0.6) is 0 Å². The molecule has 21 heavy (non-hydrogen) atoms. The van der Waals surface area contributed by atoms with E-state index in [1.165, 1.54) is 19.3 Å². The SMILES string of the molecule is CC(Cl)c1nc2cc(Cl)cnc2n1CC1(N(C)C)CCC1. The molecule has 3 rings (SSSR count). The largest absolute Gasteiger partial charge is 0.310 e. The zero-order chi connectivity index (χ0) is 15.2. The van der Waals surface area contributed by atoms with Crippen LogP contribution in [-0.2, 0) is 6.54 Å². The van der Waals surface area contributed by atoms with Gasteiger partial charge in [-0.25, -0.2) is 9.97 Å². The summed E-state index contributed by atoms with van der Waals surface area (Å²) in [7, 11) is 4.29. The van der Waals surface area contributed by atoms with Crippen molar-refractivity contribution in [1.82, 2.24) is 19.4 Å². The number of hydrogen-bond acceptors (Lipinski definition) is 3. The smallest absolute Gasteiger partial charge is 0.160 e. The van der Waals surface area contributed by atoms with Crippen LogP contribution in [-0.4, -0.2) is 39.1 Å². The Hall–Kier alpha value is -0.840. The zero-order valence-electron chi connectivity index (χ0n) is 12.6. The van der Waals surface area contributed by atoms with Crippen molar-refractivity contribution in [1.29, 1.82) is 0 Å². The first-order valence-corrected chi connectivity index (χ1v) is 8.07. The fraction of sp³-hybridized carbons (Fsp3) is 0.600. The van der Waals surface area contributed by atoms with Crippen LogP contribution < -0.4 is 0 Å². The molecule has 114 valence electrons. The van der Waals surface area contributed by atoms with Gasteiger partial charge in [-0.3, -0.25) is 0 Å². The second-order valence-electron chi connectivity index (χ2n) is 6.14. The molecule has 0 amide bonds. The maximum absolute atomic E-state index is 6.33. The van der Waals surface area contributed by atoms with Crippen molar-refractivity contribution < 1.29 is 0 Å². The van der Waals surface area contributed by atoms with Crippen LogP contribution in [0.2, 0.25) is 5.02 Å². The van der Waals surface area contributed by atoms with Gasteiger partial charge in [-0.15, -0.1) is 11.6 Å². The second kappa shape index (κ2) is 5.41. The Labute approximate surface area is 135 Å². The summed E-state index contributed by atoms with van der Waals surface area (Å²) in [5, 5.41) is 0.448. The molecule has 0 aromatic carbocycles. The van der Waals surface area contributed by atoms with E-state index in [4.69, 9.17) is 23.2 Å². The van der Waals surface area contributed by atoms with Gasteiger partial charge in [0.05, 0.1) is 10.4 Å². The van der Waals surface area contributed by atoms with Gasteiger partial charge in [-0.05, 0) is 46.3 Å². The first-order chi connectivity index (χ1) is 9.93. The summed E-state index contributed by atoms with van der Waals surface area (Å²) in [6.45, 7) is 2.82. The molecule has 1 fully saturated rings. The molecule has 0 spiro atoms. The third kappa shape index (κ3) is 2.54. The lowest BCUT2D eigenvalue weighted by atomic mass is 9.75. The lowest BCUT2D eigenvalue weighted by Gasteiger charge is -2.47. The molecule has 0 aliphatic heterocycles. The maximum atomic E-state index is 6.33. The number of fused-ring (bicyclic) bond motifs is 1. The van der Waals surface area contributed by atoms with Crippen LogP contribution in [0.4, 0.5) is 0 Å². The van der Waals surface area contributed by atoms with Gasteiger partial charge in [0.1, 0.15) is 11.3 Å². The molecule has 1 aliphatic carbocycles. The van der Waals surface area contributed by atoms with Crippen molar-refractivity contribution >= 4 is 34.4 Å². The minimum Gasteiger partial charge on any atom is -0.310 e. The van der Waals surface area contributed by atoms with E-state index in [0.717, 1.165) is 23.5 Å². The molecule has 2 aromatic rings. The maximum Gasteiger partial charge on any atom is 0.160 e. The van der Waals surface area contributed by atoms with E-state index in [9.17, 15) is 0 Å². The summed E-state index contributed by atoms with van der Waals surface area (Å²) in [4.78, 5) is 11.4. The Morgan fingerprint density at radius 1 is 1.43 bits per heavy atom. The standard InChI is InChI=1S/C15H20Cl2N4/c1-10(16)13-19-12-7-11(17)8-18-14(12)21(13)9-15(20(2)3)5-4-6-15/h7-8,10H,4-6,9H2,1-3H3. The zero-order valence-corrected chi connectivity index (χ0v) is 14.1. The van der Waals surface area contributed by atoms with E-state index in [2.05, 4.69) is 33.5 Å². The highest BCUT2D eigenvalue weighted by atomic mass is 35.5. The van der Waals surface area contributed by atoms with Crippen LogP contribution in [0, 0.1) is 0 Å². The normalized spacial score (nSPS) is 19.0. The number of rotatable bonds is 4. The van der Waals surface area contributed by atoms with Crippen molar-refractivity contribution in [3.05, 3.63) is 23.1 Å². The molecular weight excluding hydrogens is 307 g/mol. The number of imidazole rings is 1. The number of alkyl halides is 1. The Bertz CT molecular complexity index is 659. The number of likely N-dealkylation sites (N-methyl/N-ethyl adjacent to an activating group) is 1. The Kier molecular flexibility index (Phi) is 3.89. The Balaban J connectivity index is 2.09. The number of pyridine rings is 1. The third-order valence-electron chi connectivity index (χ3n) is 4.62. The first-order valence-electron chi connectivity index (χ1n) is 7.26. The number of aromatic nitrogens is 3. The number of nitrogens with zero attached hydrogens (tertiary/aromatic N) is 4. The van der Waals surface area contributed by atoms with Crippen molar-refractivity contribution in [2.24, 2.45) is 0 Å². The minimum atomic E-state index is -0.155. The summed E-state index contributed by atoms with van der Waals surface area (Å²) in [6, 6.07) is 1.85. The topological polar surface area (TPSA) is 34.0 Å². The highest BCUT2D eigenvalue weighted by Crippen LogP contribution is 2.39. The predicted octanol–water partition coefficient (Wildman–Crippen LogP) is 3.87. The molecule has 1 atom stereocenters. The van der Waals surface area contributed by atoms with Crippen molar-refractivity contribution in [3.63, 3.8) is 0 Å². The van der Waals surface area contributed by atoms with E-state index in [1.54, 1.807) is 6.20 Å². The fourth-order valence-electron chi connectivity index (χ4n) is 3.09. The summed E-state index contributed by atoms with van der Waals surface area (Å²) in [6.07, 6.45) is 5.34. The molecule has 1 saturated carbocycles. The molecule has 0 bridgehead atoms. The van der Waals surface area contributed by atoms with Gasteiger partial charge in [-0.1, -0.05) is 11.6 Å². The van der Waals surface area contributed by atoms with E-state index < -0.39 is 0 Å². The lowest BCUT2D eigenvalue weighted by molar-refractivity contribution is 0.0426. The van der Waals surface area contributed by atoms with Gasteiger partial charge in [0.15, 0.2) is 5.65 Å². The molecule has 0 N–H and O–H groups in total. The summed E-state index contributed by atoms with van der Waals surface area (Å²) >= 11 is 12.4. The summed E-state index contributed by atoms with van der Waals surface area (Å²) in [5.41, 5.74) is 1.88. The lowest BCUT2D eigenvalue weighted by Crippen LogP contribution is -2.53. The van der Waals surface area contributed by atoms with Crippen LogP contribution >= 0.6 is 23.2 Å². The Morgan fingerprint density at radius 2 is 2.14 bits per heavy atom. The quantitative estimate of drug-likeness (QED) is 0.800. The van der Waals surface area contributed by atoms with Crippen LogP contribution in [0.15, 0.2) is 12.3 Å². The minimum absolute atomic E-state index is 0.155. The molecule has 0 radical (unpaired) electrons. The van der Waals surface area contributed by atoms with Crippen molar-refractivity contribution in [2.45, 2.75) is 43.6 Å². The molecule has 1 unspecified atom stereocenters. The van der Waals surface area contributed by atoms with E-state index in [0.29, 0.717) is 5.02 Å². The van der Waals surface area contributed by atoms with Gasteiger partial charge in [0, 0.05) is 18.3 Å². The average Bonchev–Trinajstić information content (AvgIpc) is 2.71. The van der Waals surface area contributed by atoms with E-state index in [-0.39, 0.29) is 10.9 Å². The van der Waals surface area contributed by atoms with E-state index in [1.807, 2.05) is 13.0 Å². The van der Waals surface area contributed by atoms with Gasteiger partial charge < -0.3 is 9.47 Å². The van der Waals surface area contributed by atoms with Crippen LogP contribution in [0.3, 0.4) is 0 Å². The molecule has 2 heterocycles. The van der Waals surface area contributed by atoms with Gasteiger partial charge >= 0.3 is 0 Å². The fourth-order valence-corrected chi connectivity index (χ4v) is 3.41. The number of halogens is 2. The second-order valence-corrected chi connectivity index (χ2v) is 7.23. The number of hydrogen-bond donors (Lipinski definition) is 0. The average molecular weight is 327 g/mol. The van der Waals surface area contributed by atoms with Gasteiger partial charge in [-0.2, -0.15) is 0 Å². The van der Waals surface area contributed by atoms with Crippen LogP contribution in [0.25, 0.3) is 11.2 Å². The summed E-state index contributed by atoms with van der Waals surface area (Å²) in [5.74, 6) is 0.870. The monoisotopic (exact) mass is 326 g/mol. The molecule has 0 saturated heterocycles. The van der Waals surface area contributed by atoms with Crippen molar-refractivity contribution in [3.8, 4) is 0 Å². The predicted molar refractivity (Wildman–Crippen MR) is 87.1 cm³/mol. The van der Waals surface area contributed by atoms with E-state index >= 15 is 0 Å². The summed E-state index contributed by atoms with van der Waals surface area (Å²) < 4.78 is 2.17. The highest BCUT2D eigenvalue weighted by Gasteiger charge is 2.40. The molecule has 2 aromatic heterocycles. The molecule has 4 nitrogen and oxygen atoms in total. The van der Waals surface area contributed by atoms with Crippen LogP contribution in [0.1, 0.15) is 37.4 Å². The van der Waals surface area contributed by atoms with Gasteiger partial charge in [0.25, 0.3) is 0 Å².